The minimum absolute atomic E-state index is 0.109. The van der Waals surface area contributed by atoms with Crippen molar-refractivity contribution in [3.8, 4) is 11.4 Å². The maximum absolute atomic E-state index is 13.5. The van der Waals surface area contributed by atoms with Crippen molar-refractivity contribution >= 4 is 0 Å². The fourth-order valence-corrected chi connectivity index (χ4v) is 3.54. The van der Waals surface area contributed by atoms with Gasteiger partial charge in [-0.25, -0.2) is 18.2 Å². The summed E-state index contributed by atoms with van der Waals surface area (Å²) >= 11 is 0. The Bertz CT molecular complexity index is 1160. The Morgan fingerprint density at radius 3 is 2.29 bits per heavy atom. The highest BCUT2D eigenvalue weighted by Gasteiger charge is 2.30. The van der Waals surface area contributed by atoms with Crippen LogP contribution in [0.1, 0.15) is 22.4 Å². The first-order valence-corrected chi connectivity index (χ1v) is 9.27. The first kappa shape index (κ1) is 21.1. The van der Waals surface area contributed by atoms with Crippen molar-refractivity contribution in [1.29, 1.82) is 0 Å². The summed E-state index contributed by atoms with van der Waals surface area (Å²) in [4.78, 5) is 21.2. The van der Waals surface area contributed by atoms with Crippen molar-refractivity contribution < 1.29 is 26.3 Å². The second kappa shape index (κ2) is 7.84. The Hall–Kier alpha value is -3.14. The van der Waals surface area contributed by atoms with Gasteiger partial charge in [0.1, 0.15) is 5.82 Å². The van der Waals surface area contributed by atoms with Crippen LogP contribution in [0.25, 0.3) is 11.4 Å². The van der Waals surface area contributed by atoms with Crippen LogP contribution >= 0.6 is 0 Å². The van der Waals surface area contributed by atoms with Gasteiger partial charge in [0.2, 0.25) is 0 Å². The minimum Gasteiger partial charge on any atom is -0.306 e. The Morgan fingerprint density at radius 2 is 1.68 bits per heavy atom. The zero-order valence-corrected chi connectivity index (χ0v) is 15.9. The lowest BCUT2D eigenvalue weighted by Gasteiger charge is -2.27. The molecule has 162 valence electrons. The highest BCUT2D eigenvalue weighted by Crippen LogP contribution is 2.30. The van der Waals surface area contributed by atoms with Crippen molar-refractivity contribution in [2.24, 2.45) is 0 Å². The standard InChI is InChI=1S/C21H15F6N3O/c22-15-7-11(8-16(23)18(15)24)9-30-6-5-14-17(10-30)28-19(29-20(14)31)12-1-3-13(4-2-12)21(25,26)27/h1-4,7-8H,5-6,9-10H2,(H,28,29,31). The van der Waals surface area contributed by atoms with E-state index in [1.807, 2.05) is 0 Å². The zero-order valence-electron chi connectivity index (χ0n) is 15.9. The van der Waals surface area contributed by atoms with Crippen LogP contribution in [0.15, 0.2) is 41.2 Å². The first-order chi connectivity index (χ1) is 14.6. The third-order valence-electron chi connectivity index (χ3n) is 5.09. The zero-order chi connectivity index (χ0) is 22.3. The van der Waals surface area contributed by atoms with E-state index < -0.39 is 34.8 Å². The molecule has 0 saturated heterocycles. The fourth-order valence-electron chi connectivity index (χ4n) is 3.54. The van der Waals surface area contributed by atoms with E-state index in [0.29, 0.717) is 29.8 Å². The Kier molecular flexibility index (Phi) is 5.34. The largest absolute Gasteiger partial charge is 0.416 e. The van der Waals surface area contributed by atoms with E-state index in [2.05, 4.69) is 9.97 Å². The molecular formula is C21H15F6N3O. The number of hydrogen-bond donors (Lipinski definition) is 1. The van der Waals surface area contributed by atoms with Gasteiger partial charge in [-0.3, -0.25) is 9.69 Å². The molecule has 0 fully saturated rings. The van der Waals surface area contributed by atoms with Crippen LogP contribution in [0, 0.1) is 17.5 Å². The average molecular weight is 439 g/mol. The summed E-state index contributed by atoms with van der Waals surface area (Å²) in [7, 11) is 0. The summed E-state index contributed by atoms with van der Waals surface area (Å²) in [6.07, 6.45) is -4.15. The van der Waals surface area contributed by atoms with Crippen LogP contribution in [0.2, 0.25) is 0 Å². The van der Waals surface area contributed by atoms with E-state index in [9.17, 15) is 31.1 Å². The SMILES string of the molecule is O=c1[nH]c(-c2ccc(C(F)(F)F)cc2)nc2c1CCN(Cc1cc(F)c(F)c(F)c1)C2. The third-order valence-corrected chi connectivity index (χ3v) is 5.09. The fraction of sp³-hybridized carbons (Fsp3) is 0.238. The number of aromatic nitrogens is 2. The quantitative estimate of drug-likeness (QED) is 0.485. The number of hydrogen-bond acceptors (Lipinski definition) is 3. The lowest BCUT2D eigenvalue weighted by atomic mass is 10.0. The van der Waals surface area contributed by atoms with E-state index in [1.165, 1.54) is 12.1 Å². The van der Waals surface area contributed by atoms with Gasteiger partial charge in [0.25, 0.3) is 5.56 Å². The molecule has 2 heterocycles. The van der Waals surface area contributed by atoms with E-state index in [1.54, 1.807) is 4.90 Å². The number of aromatic amines is 1. The average Bonchev–Trinajstić information content (AvgIpc) is 2.71. The summed E-state index contributed by atoms with van der Waals surface area (Å²) in [5, 5.41) is 0. The molecule has 0 aliphatic carbocycles. The summed E-state index contributed by atoms with van der Waals surface area (Å²) in [6, 6.07) is 6.06. The second-order valence-electron chi connectivity index (χ2n) is 7.25. The molecule has 1 aliphatic heterocycles. The molecule has 3 aromatic rings. The van der Waals surface area contributed by atoms with E-state index >= 15 is 0 Å². The Labute approximate surface area is 172 Å². The van der Waals surface area contributed by atoms with Crippen molar-refractivity contribution in [2.75, 3.05) is 6.54 Å². The van der Waals surface area contributed by atoms with Gasteiger partial charge in [-0.1, -0.05) is 12.1 Å². The summed E-state index contributed by atoms with van der Waals surface area (Å²) in [5.41, 5.74) is 0.205. The Balaban J connectivity index is 1.59. The molecule has 1 aromatic heterocycles. The number of halogens is 6. The molecule has 0 amide bonds. The normalized spacial score (nSPS) is 14.5. The molecule has 0 spiro atoms. The van der Waals surface area contributed by atoms with Crippen LogP contribution < -0.4 is 5.56 Å². The van der Waals surface area contributed by atoms with Crippen LogP contribution in [0.3, 0.4) is 0 Å². The molecule has 4 nitrogen and oxygen atoms in total. The molecule has 0 unspecified atom stereocenters. The van der Waals surface area contributed by atoms with Gasteiger partial charge in [0.05, 0.1) is 11.3 Å². The van der Waals surface area contributed by atoms with E-state index in [0.717, 1.165) is 24.3 Å². The molecule has 4 rings (SSSR count). The highest BCUT2D eigenvalue weighted by molar-refractivity contribution is 5.56. The second-order valence-corrected chi connectivity index (χ2v) is 7.25. The lowest BCUT2D eigenvalue weighted by Crippen LogP contribution is -2.35. The van der Waals surface area contributed by atoms with Crippen LogP contribution in [0.5, 0.6) is 0 Å². The molecule has 1 aliphatic rings. The molecule has 31 heavy (non-hydrogen) atoms. The van der Waals surface area contributed by atoms with Crippen molar-refractivity contribution in [2.45, 2.75) is 25.7 Å². The number of nitrogens with one attached hydrogen (secondary N) is 1. The minimum atomic E-state index is -4.48. The number of H-pyrrole nitrogens is 1. The molecule has 1 N–H and O–H groups in total. The van der Waals surface area contributed by atoms with Gasteiger partial charge < -0.3 is 4.98 Å². The van der Waals surface area contributed by atoms with Crippen LogP contribution in [-0.4, -0.2) is 21.4 Å². The van der Waals surface area contributed by atoms with Crippen LogP contribution in [0.4, 0.5) is 26.3 Å². The number of nitrogens with zero attached hydrogens (tertiary/aromatic N) is 2. The molecule has 0 radical (unpaired) electrons. The van der Waals surface area contributed by atoms with Gasteiger partial charge in [-0.15, -0.1) is 0 Å². The lowest BCUT2D eigenvalue weighted by molar-refractivity contribution is -0.137. The molecule has 0 saturated carbocycles. The topological polar surface area (TPSA) is 49.0 Å². The predicted molar refractivity (Wildman–Crippen MR) is 99.4 cm³/mol. The van der Waals surface area contributed by atoms with Crippen molar-refractivity contribution in [1.82, 2.24) is 14.9 Å². The number of rotatable bonds is 3. The maximum atomic E-state index is 13.5. The maximum Gasteiger partial charge on any atom is 0.416 e. The molecular weight excluding hydrogens is 424 g/mol. The number of alkyl halides is 3. The predicted octanol–water partition coefficient (Wildman–Crippen LogP) is 4.43. The van der Waals surface area contributed by atoms with Gasteiger partial charge >= 0.3 is 6.18 Å². The van der Waals surface area contributed by atoms with Gasteiger partial charge in [0.15, 0.2) is 17.5 Å². The summed E-state index contributed by atoms with van der Waals surface area (Å²) in [5.74, 6) is -3.99. The first-order valence-electron chi connectivity index (χ1n) is 9.27. The van der Waals surface area contributed by atoms with E-state index in [-0.39, 0.29) is 24.5 Å². The third kappa shape index (κ3) is 4.34. The molecule has 2 aromatic carbocycles. The van der Waals surface area contributed by atoms with Gasteiger partial charge in [-0.2, -0.15) is 13.2 Å². The Morgan fingerprint density at radius 1 is 1.03 bits per heavy atom. The molecule has 0 atom stereocenters. The van der Waals surface area contributed by atoms with Crippen molar-refractivity contribution in [3.05, 3.63) is 86.6 Å². The number of benzene rings is 2. The summed E-state index contributed by atoms with van der Waals surface area (Å²) in [6.45, 7) is 0.711. The molecule has 10 heteroatoms. The molecule has 0 bridgehead atoms. The smallest absolute Gasteiger partial charge is 0.306 e. The summed E-state index contributed by atoms with van der Waals surface area (Å²) < 4.78 is 78.4. The van der Waals surface area contributed by atoms with Gasteiger partial charge in [-0.05, 0) is 36.2 Å². The van der Waals surface area contributed by atoms with E-state index in [4.69, 9.17) is 0 Å². The number of fused-ring (bicyclic) bond motifs is 1. The van der Waals surface area contributed by atoms with Crippen molar-refractivity contribution in [3.63, 3.8) is 0 Å². The van der Waals surface area contributed by atoms with Gasteiger partial charge in [0, 0.05) is 30.8 Å². The van der Waals surface area contributed by atoms with Crippen LogP contribution in [-0.2, 0) is 25.7 Å². The highest BCUT2D eigenvalue weighted by atomic mass is 19.4. The monoisotopic (exact) mass is 439 g/mol.